The normalized spacial score (nSPS) is 22.3. The van der Waals surface area contributed by atoms with Crippen LogP contribution in [0.15, 0.2) is 54.6 Å². The second kappa shape index (κ2) is 8.32. The molecule has 140 valence electrons. The highest BCUT2D eigenvalue weighted by molar-refractivity contribution is 5.17. The second-order valence-corrected chi connectivity index (χ2v) is 8.36. The van der Waals surface area contributed by atoms with Crippen molar-refractivity contribution in [3.05, 3.63) is 71.5 Å². The molecule has 1 saturated heterocycles. The van der Waals surface area contributed by atoms with Crippen molar-refractivity contribution >= 4 is 0 Å². The number of halogens is 1. The van der Waals surface area contributed by atoms with Crippen LogP contribution >= 0.6 is 0 Å². The molecule has 1 heterocycles. The van der Waals surface area contributed by atoms with Crippen LogP contribution in [-0.4, -0.2) is 18.8 Å². The van der Waals surface area contributed by atoms with E-state index in [4.69, 9.17) is 4.74 Å². The molecule has 2 N–H and O–H groups in total. The molecule has 1 fully saturated rings. The van der Waals surface area contributed by atoms with Crippen LogP contribution in [0.5, 0.6) is 0 Å². The topological polar surface area (TPSA) is 25.8 Å². The summed E-state index contributed by atoms with van der Waals surface area (Å²) in [5.41, 5.74) is 2.84. The first kappa shape index (κ1) is 19.1. The van der Waals surface area contributed by atoms with Gasteiger partial charge in [-0.3, -0.25) is 0 Å². The SMILES string of the molecule is CC1(C)C[C@](CC[NH2+]Cc2ccc(F)cc2)(Cc2ccccc2)CCO1. The Balaban J connectivity index is 1.61. The van der Waals surface area contributed by atoms with Gasteiger partial charge in [-0.25, -0.2) is 4.39 Å². The van der Waals surface area contributed by atoms with Gasteiger partial charge in [0.1, 0.15) is 12.4 Å². The zero-order valence-corrected chi connectivity index (χ0v) is 16.0. The summed E-state index contributed by atoms with van der Waals surface area (Å²) in [6, 6.07) is 17.7. The zero-order valence-electron chi connectivity index (χ0n) is 16.0. The van der Waals surface area contributed by atoms with Crippen molar-refractivity contribution in [2.45, 2.75) is 51.7 Å². The van der Waals surface area contributed by atoms with Crippen molar-refractivity contribution in [3.63, 3.8) is 0 Å². The van der Waals surface area contributed by atoms with Crippen molar-refractivity contribution < 1.29 is 14.4 Å². The number of rotatable bonds is 7. The predicted molar refractivity (Wildman–Crippen MR) is 103 cm³/mol. The van der Waals surface area contributed by atoms with Crippen molar-refractivity contribution in [1.29, 1.82) is 0 Å². The predicted octanol–water partition coefficient (Wildman–Crippen LogP) is 4.10. The van der Waals surface area contributed by atoms with Crippen LogP contribution in [0.25, 0.3) is 0 Å². The third-order valence-electron chi connectivity index (χ3n) is 5.52. The Kier molecular flexibility index (Phi) is 6.10. The van der Waals surface area contributed by atoms with Gasteiger partial charge in [-0.05, 0) is 56.2 Å². The number of quaternary nitrogens is 1. The van der Waals surface area contributed by atoms with Crippen LogP contribution in [0.4, 0.5) is 4.39 Å². The molecule has 0 radical (unpaired) electrons. The standard InChI is InChI=1S/C23H30FNO/c1-22(2)18-23(13-15-26-22,16-19-6-4-3-5-7-19)12-14-25-17-20-8-10-21(24)11-9-20/h3-11,25H,12-18H2,1-2H3/p+1/t23-/m0/s1. The fourth-order valence-corrected chi connectivity index (χ4v) is 4.37. The average molecular weight is 357 g/mol. The van der Waals surface area contributed by atoms with Gasteiger partial charge in [0.15, 0.2) is 0 Å². The van der Waals surface area contributed by atoms with E-state index in [2.05, 4.69) is 49.5 Å². The number of ether oxygens (including phenoxy) is 1. The lowest BCUT2D eigenvalue weighted by Crippen LogP contribution is -2.83. The highest BCUT2D eigenvalue weighted by Gasteiger charge is 2.40. The number of nitrogens with two attached hydrogens (primary N) is 1. The van der Waals surface area contributed by atoms with E-state index < -0.39 is 0 Å². The molecular formula is C23H31FNO+. The summed E-state index contributed by atoms with van der Waals surface area (Å²) in [6.07, 6.45) is 4.51. The Morgan fingerprint density at radius 1 is 1.00 bits per heavy atom. The minimum absolute atomic E-state index is 0.0516. The fourth-order valence-electron chi connectivity index (χ4n) is 4.37. The molecule has 0 aliphatic carbocycles. The molecule has 26 heavy (non-hydrogen) atoms. The van der Waals surface area contributed by atoms with E-state index in [1.807, 2.05) is 12.1 Å². The van der Waals surface area contributed by atoms with Gasteiger partial charge >= 0.3 is 0 Å². The van der Waals surface area contributed by atoms with E-state index in [1.165, 1.54) is 17.5 Å². The summed E-state index contributed by atoms with van der Waals surface area (Å²) in [6.45, 7) is 7.27. The Labute approximate surface area is 156 Å². The maximum absolute atomic E-state index is 13.0. The van der Waals surface area contributed by atoms with E-state index in [9.17, 15) is 4.39 Å². The Hall–Kier alpha value is -1.71. The first-order chi connectivity index (χ1) is 12.5. The Morgan fingerprint density at radius 3 is 2.42 bits per heavy atom. The molecule has 0 amide bonds. The molecule has 0 bridgehead atoms. The lowest BCUT2D eigenvalue weighted by atomic mass is 9.68. The highest BCUT2D eigenvalue weighted by atomic mass is 19.1. The molecule has 3 rings (SSSR count). The molecule has 2 aromatic carbocycles. The van der Waals surface area contributed by atoms with Gasteiger partial charge in [-0.15, -0.1) is 0 Å². The first-order valence-electron chi connectivity index (χ1n) is 9.71. The maximum atomic E-state index is 13.0. The summed E-state index contributed by atoms with van der Waals surface area (Å²) >= 11 is 0. The second-order valence-electron chi connectivity index (χ2n) is 8.36. The van der Waals surface area contributed by atoms with E-state index in [1.54, 1.807) is 12.1 Å². The van der Waals surface area contributed by atoms with E-state index >= 15 is 0 Å². The van der Waals surface area contributed by atoms with Crippen LogP contribution in [0.2, 0.25) is 0 Å². The lowest BCUT2D eigenvalue weighted by Gasteiger charge is -2.45. The third-order valence-corrected chi connectivity index (χ3v) is 5.52. The summed E-state index contributed by atoms with van der Waals surface area (Å²) in [5.74, 6) is -0.167. The third kappa shape index (κ3) is 5.39. The summed E-state index contributed by atoms with van der Waals surface area (Å²) < 4.78 is 19.0. The lowest BCUT2D eigenvalue weighted by molar-refractivity contribution is -0.672. The van der Waals surface area contributed by atoms with Gasteiger partial charge < -0.3 is 10.1 Å². The van der Waals surface area contributed by atoms with Crippen molar-refractivity contribution in [2.75, 3.05) is 13.2 Å². The van der Waals surface area contributed by atoms with Crippen molar-refractivity contribution in [2.24, 2.45) is 5.41 Å². The molecule has 0 unspecified atom stereocenters. The average Bonchev–Trinajstić information content (AvgIpc) is 2.60. The monoisotopic (exact) mass is 356 g/mol. The highest BCUT2D eigenvalue weighted by Crippen LogP contribution is 2.43. The van der Waals surface area contributed by atoms with Crippen molar-refractivity contribution in [1.82, 2.24) is 0 Å². The largest absolute Gasteiger partial charge is 0.376 e. The van der Waals surface area contributed by atoms with Gasteiger partial charge in [-0.2, -0.15) is 0 Å². The van der Waals surface area contributed by atoms with Crippen LogP contribution in [0, 0.1) is 11.2 Å². The Bertz CT molecular complexity index is 683. The molecule has 0 spiro atoms. The summed E-state index contributed by atoms with van der Waals surface area (Å²) in [4.78, 5) is 0. The van der Waals surface area contributed by atoms with Crippen molar-refractivity contribution in [3.8, 4) is 0 Å². The first-order valence-corrected chi connectivity index (χ1v) is 9.71. The minimum Gasteiger partial charge on any atom is -0.376 e. The van der Waals surface area contributed by atoms with Gasteiger partial charge in [0.05, 0.1) is 12.1 Å². The van der Waals surface area contributed by atoms with Crippen LogP contribution in [0.3, 0.4) is 0 Å². The molecule has 0 aromatic heterocycles. The maximum Gasteiger partial charge on any atom is 0.123 e. The van der Waals surface area contributed by atoms with Gasteiger partial charge in [0.25, 0.3) is 0 Å². The molecule has 1 aliphatic rings. The van der Waals surface area contributed by atoms with Gasteiger partial charge in [0, 0.05) is 18.6 Å². The Morgan fingerprint density at radius 2 is 1.73 bits per heavy atom. The quantitative estimate of drug-likeness (QED) is 0.743. The molecule has 1 aliphatic heterocycles. The van der Waals surface area contributed by atoms with Gasteiger partial charge in [-0.1, -0.05) is 42.5 Å². The number of hydrogen-bond acceptors (Lipinski definition) is 1. The van der Waals surface area contributed by atoms with Crippen LogP contribution in [0.1, 0.15) is 44.2 Å². The van der Waals surface area contributed by atoms with E-state index in [-0.39, 0.29) is 11.4 Å². The van der Waals surface area contributed by atoms with Gasteiger partial charge in [0.2, 0.25) is 0 Å². The van der Waals surface area contributed by atoms with Crippen LogP contribution < -0.4 is 5.32 Å². The molecule has 2 nitrogen and oxygen atoms in total. The van der Waals surface area contributed by atoms with E-state index in [0.717, 1.165) is 39.0 Å². The summed E-state index contributed by atoms with van der Waals surface area (Å²) in [7, 11) is 0. The smallest absolute Gasteiger partial charge is 0.123 e. The zero-order chi connectivity index (χ0) is 18.5. The van der Waals surface area contributed by atoms with E-state index in [0.29, 0.717) is 5.41 Å². The fraction of sp³-hybridized carbons (Fsp3) is 0.478. The minimum atomic E-state index is -0.167. The molecule has 0 saturated carbocycles. The number of hydrogen-bond donors (Lipinski definition) is 1. The molecule has 1 atom stereocenters. The number of benzene rings is 2. The molecule has 2 aromatic rings. The molecular weight excluding hydrogens is 325 g/mol. The summed E-state index contributed by atoms with van der Waals surface area (Å²) in [5, 5.41) is 2.35. The molecule has 3 heteroatoms. The van der Waals surface area contributed by atoms with Crippen LogP contribution in [-0.2, 0) is 17.7 Å².